The second-order valence-electron chi connectivity index (χ2n) is 3.58. The van der Waals surface area contributed by atoms with E-state index in [2.05, 4.69) is 0 Å². The quantitative estimate of drug-likeness (QED) is 0.538. The van der Waals surface area contributed by atoms with Crippen LogP contribution >= 0.6 is 0 Å². The van der Waals surface area contributed by atoms with E-state index in [9.17, 15) is 4.79 Å². The summed E-state index contributed by atoms with van der Waals surface area (Å²) in [4.78, 5) is 12.0. The number of benzene rings is 1. The Morgan fingerprint density at radius 1 is 1.24 bits per heavy atom. The summed E-state index contributed by atoms with van der Waals surface area (Å²) in [6.45, 7) is 2.62. The summed E-state index contributed by atoms with van der Waals surface area (Å²) in [5, 5.41) is 0. The number of para-hydroxylation sites is 1. The fourth-order valence-electron chi connectivity index (χ4n) is 1.36. The normalized spacial score (nSPS) is 12.2. The van der Waals surface area contributed by atoms with Gasteiger partial charge in [-0.15, -0.1) is 0 Å². The highest BCUT2D eigenvalue weighted by Crippen LogP contribution is 2.20. The third-order valence-electron chi connectivity index (χ3n) is 2.42. The molecular formula is C13H18O4. The third-order valence-corrected chi connectivity index (χ3v) is 2.42. The van der Waals surface area contributed by atoms with Gasteiger partial charge in [0, 0.05) is 14.2 Å². The number of ketones is 1. The number of hydrogen-bond donors (Lipinski definition) is 0. The van der Waals surface area contributed by atoms with E-state index in [0.29, 0.717) is 24.5 Å². The highest BCUT2D eigenvalue weighted by Gasteiger charge is 2.18. The summed E-state index contributed by atoms with van der Waals surface area (Å²) in [6.07, 6.45) is -0.470. The highest BCUT2D eigenvalue weighted by atomic mass is 16.5. The highest BCUT2D eigenvalue weighted by molar-refractivity contribution is 6.01. The molecule has 4 nitrogen and oxygen atoms in total. The molecule has 1 rings (SSSR count). The lowest BCUT2D eigenvalue weighted by Crippen LogP contribution is -2.20. The predicted molar refractivity (Wildman–Crippen MR) is 64.6 cm³/mol. The summed E-state index contributed by atoms with van der Waals surface area (Å²) < 4.78 is 15.4. The van der Waals surface area contributed by atoms with Gasteiger partial charge in [0.2, 0.25) is 0 Å². The molecule has 1 aromatic rings. The van der Waals surface area contributed by atoms with Crippen LogP contribution in [0.15, 0.2) is 24.3 Å². The van der Waals surface area contributed by atoms with Gasteiger partial charge in [0.15, 0.2) is 5.78 Å². The van der Waals surface area contributed by atoms with E-state index in [4.69, 9.17) is 14.2 Å². The molecule has 0 spiro atoms. The zero-order chi connectivity index (χ0) is 12.7. The van der Waals surface area contributed by atoms with Gasteiger partial charge < -0.3 is 14.2 Å². The second kappa shape index (κ2) is 7.04. The van der Waals surface area contributed by atoms with E-state index in [1.807, 2.05) is 6.07 Å². The van der Waals surface area contributed by atoms with Crippen molar-refractivity contribution in [3.63, 3.8) is 0 Å². The Hall–Kier alpha value is -1.39. The smallest absolute Gasteiger partial charge is 0.194 e. The fraction of sp³-hybridized carbons (Fsp3) is 0.462. The SMILES string of the molecule is COCCOc1ccccc1C(=O)C(C)OC. The summed E-state index contributed by atoms with van der Waals surface area (Å²) in [5.74, 6) is 0.485. The first kappa shape index (κ1) is 13.7. The number of carbonyl (C=O) groups excluding carboxylic acids is 1. The zero-order valence-electron chi connectivity index (χ0n) is 10.4. The fourth-order valence-corrected chi connectivity index (χ4v) is 1.36. The maximum Gasteiger partial charge on any atom is 0.194 e. The molecular weight excluding hydrogens is 220 g/mol. The van der Waals surface area contributed by atoms with Crippen molar-refractivity contribution in [2.24, 2.45) is 0 Å². The Morgan fingerprint density at radius 3 is 2.59 bits per heavy atom. The third kappa shape index (κ3) is 3.84. The van der Waals surface area contributed by atoms with Crippen molar-refractivity contribution in [1.29, 1.82) is 0 Å². The minimum Gasteiger partial charge on any atom is -0.490 e. The van der Waals surface area contributed by atoms with Crippen LogP contribution in [0, 0.1) is 0 Å². The van der Waals surface area contributed by atoms with Crippen LogP contribution in [0.4, 0.5) is 0 Å². The standard InChI is InChI=1S/C13H18O4/c1-10(16-3)13(14)11-6-4-5-7-12(11)17-9-8-15-2/h4-7,10H,8-9H2,1-3H3. The number of rotatable bonds is 7. The number of ether oxygens (including phenoxy) is 3. The van der Waals surface area contributed by atoms with Crippen LogP contribution in [-0.2, 0) is 9.47 Å². The average molecular weight is 238 g/mol. The molecule has 4 heteroatoms. The van der Waals surface area contributed by atoms with Gasteiger partial charge in [-0.3, -0.25) is 4.79 Å². The minimum absolute atomic E-state index is 0.0829. The first-order valence-electron chi connectivity index (χ1n) is 5.48. The summed E-state index contributed by atoms with van der Waals surface area (Å²) in [7, 11) is 3.12. The summed E-state index contributed by atoms with van der Waals surface area (Å²) in [5.41, 5.74) is 0.540. The predicted octanol–water partition coefficient (Wildman–Crippen LogP) is 1.93. The van der Waals surface area contributed by atoms with E-state index in [0.717, 1.165) is 0 Å². The van der Waals surface area contributed by atoms with Crippen molar-refractivity contribution in [3.8, 4) is 5.75 Å². The molecule has 0 saturated heterocycles. The topological polar surface area (TPSA) is 44.8 Å². The van der Waals surface area contributed by atoms with Gasteiger partial charge in [0.25, 0.3) is 0 Å². The zero-order valence-corrected chi connectivity index (χ0v) is 10.4. The van der Waals surface area contributed by atoms with Crippen molar-refractivity contribution in [1.82, 2.24) is 0 Å². The second-order valence-corrected chi connectivity index (χ2v) is 3.58. The molecule has 0 aliphatic heterocycles. The molecule has 1 unspecified atom stereocenters. The van der Waals surface area contributed by atoms with Crippen LogP contribution in [0.3, 0.4) is 0 Å². The lowest BCUT2D eigenvalue weighted by atomic mass is 10.1. The van der Waals surface area contributed by atoms with Crippen molar-refractivity contribution >= 4 is 5.78 Å². The van der Waals surface area contributed by atoms with Crippen molar-refractivity contribution < 1.29 is 19.0 Å². The molecule has 0 N–H and O–H groups in total. The van der Waals surface area contributed by atoms with E-state index in [1.165, 1.54) is 7.11 Å². The maximum absolute atomic E-state index is 12.0. The Bertz CT molecular complexity index is 362. The van der Waals surface area contributed by atoms with Crippen molar-refractivity contribution in [2.75, 3.05) is 27.4 Å². The molecule has 0 radical (unpaired) electrons. The average Bonchev–Trinajstić information content (AvgIpc) is 2.38. The van der Waals surface area contributed by atoms with Crippen LogP contribution in [0.1, 0.15) is 17.3 Å². The first-order valence-corrected chi connectivity index (χ1v) is 5.48. The Kier molecular flexibility index (Phi) is 5.66. The molecule has 0 heterocycles. The molecule has 17 heavy (non-hydrogen) atoms. The van der Waals surface area contributed by atoms with Gasteiger partial charge in [0.1, 0.15) is 18.5 Å². The first-order chi connectivity index (χ1) is 8.20. The molecule has 94 valence electrons. The Balaban J connectivity index is 2.80. The van der Waals surface area contributed by atoms with Gasteiger partial charge in [0.05, 0.1) is 12.2 Å². The van der Waals surface area contributed by atoms with Gasteiger partial charge in [-0.05, 0) is 19.1 Å². The molecule has 0 aromatic heterocycles. The molecule has 0 bridgehead atoms. The Labute approximate surface area is 101 Å². The lowest BCUT2D eigenvalue weighted by molar-refractivity contribution is 0.0650. The monoisotopic (exact) mass is 238 g/mol. The largest absolute Gasteiger partial charge is 0.490 e. The van der Waals surface area contributed by atoms with Gasteiger partial charge >= 0.3 is 0 Å². The summed E-state index contributed by atoms with van der Waals surface area (Å²) >= 11 is 0. The van der Waals surface area contributed by atoms with Crippen LogP contribution in [0.5, 0.6) is 5.75 Å². The van der Waals surface area contributed by atoms with Crippen molar-refractivity contribution in [2.45, 2.75) is 13.0 Å². The summed E-state index contributed by atoms with van der Waals surface area (Å²) in [6, 6.07) is 7.14. The number of methoxy groups -OCH3 is 2. The molecule has 0 aliphatic carbocycles. The van der Waals surface area contributed by atoms with Gasteiger partial charge in [-0.2, -0.15) is 0 Å². The lowest BCUT2D eigenvalue weighted by Gasteiger charge is -2.13. The van der Waals surface area contributed by atoms with E-state index in [1.54, 1.807) is 32.2 Å². The Morgan fingerprint density at radius 2 is 1.94 bits per heavy atom. The number of Topliss-reactive ketones (excluding diaryl/α,β-unsaturated/α-hetero) is 1. The minimum atomic E-state index is -0.470. The van der Waals surface area contributed by atoms with Crippen LogP contribution in [0.25, 0.3) is 0 Å². The molecule has 0 amide bonds. The van der Waals surface area contributed by atoms with Crippen LogP contribution in [-0.4, -0.2) is 39.3 Å². The molecule has 0 saturated carbocycles. The van der Waals surface area contributed by atoms with Gasteiger partial charge in [-0.1, -0.05) is 12.1 Å². The van der Waals surface area contributed by atoms with E-state index in [-0.39, 0.29) is 5.78 Å². The maximum atomic E-state index is 12.0. The number of hydrogen-bond acceptors (Lipinski definition) is 4. The van der Waals surface area contributed by atoms with E-state index < -0.39 is 6.10 Å². The van der Waals surface area contributed by atoms with E-state index >= 15 is 0 Å². The molecule has 0 aliphatic rings. The van der Waals surface area contributed by atoms with Crippen molar-refractivity contribution in [3.05, 3.63) is 29.8 Å². The molecule has 1 atom stereocenters. The molecule has 1 aromatic carbocycles. The van der Waals surface area contributed by atoms with Crippen LogP contribution in [0.2, 0.25) is 0 Å². The van der Waals surface area contributed by atoms with Crippen LogP contribution < -0.4 is 4.74 Å². The number of carbonyl (C=O) groups is 1. The van der Waals surface area contributed by atoms with Gasteiger partial charge in [-0.25, -0.2) is 0 Å². The molecule has 0 fully saturated rings.